The lowest BCUT2D eigenvalue weighted by molar-refractivity contribution is -0.388. The van der Waals surface area contributed by atoms with Crippen molar-refractivity contribution >= 4 is 28.7 Å². The fourth-order valence-electron chi connectivity index (χ4n) is 1.93. The number of ether oxygens (including phenoxy) is 1. The SMILES string of the molecule is CCOOS(=O)(=O)c1cc(OCC)c(P(=O)(O)O)c(C)c1[N+](=O)[O-]. The van der Waals surface area contributed by atoms with Crippen LogP contribution in [0, 0.1) is 17.0 Å². The number of nitro groups is 1. The first kappa shape index (κ1) is 20.5. The minimum Gasteiger partial charge on any atom is -0.493 e. The van der Waals surface area contributed by atoms with E-state index in [1.54, 1.807) is 0 Å². The van der Waals surface area contributed by atoms with Crippen molar-refractivity contribution in [1.29, 1.82) is 0 Å². The predicted molar refractivity (Wildman–Crippen MR) is 80.6 cm³/mol. The van der Waals surface area contributed by atoms with Gasteiger partial charge in [-0.1, -0.05) is 0 Å². The van der Waals surface area contributed by atoms with E-state index in [9.17, 15) is 32.9 Å². The molecule has 0 atom stereocenters. The van der Waals surface area contributed by atoms with E-state index >= 15 is 0 Å². The predicted octanol–water partition coefficient (Wildman–Crippen LogP) is 0.762. The van der Waals surface area contributed by atoms with Crippen molar-refractivity contribution < 1.29 is 41.7 Å². The minimum absolute atomic E-state index is 0.0595. The fourth-order valence-corrected chi connectivity index (χ4v) is 3.90. The number of rotatable bonds is 8. The quantitative estimate of drug-likeness (QED) is 0.283. The van der Waals surface area contributed by atoms with Crippen molar-refractivity contribution in [3.63, 3.8) is 0 Å². The van der Waals surface area contributed by atoms with Crippen molar-refractivity contribution in [3.05, 3.63) is 21.7 Å². The lowest BCUT2D eigenvalue weighted by Gasteiger charge is -2.16. The molecule has 13 heteroatoms. The third-order valence-corrected chi connectivity index (χ3v) is 5.00. The van der Waals surface area contributed by atoms with Gasteiger partial charge in [-0.15, -0.1) is 4.33 Å². The molecule has 0 saturated carbocycles. The van der Waals surface area contributed by atoms with E-state index in [0.29, 0.717) is 6.07 Å². The summed E-state index contributed by atoms with van der Waals surface area (Å²) in [6.45, 7) is 3.72. The molecule has 0 heterocycles. The summed E-state index contributed by atoms with van der Waals surface area (Å²) in [6.07, 6.45) is 0. The van der Waals surface area contributed by atoms with Gasteiger partial charge < -0.3 is 14.5 Å². The number of benzene rings is 1. The van der Waals surface area contributed by atoms with Crippen LogP contribution in [-0.4, -0.2) is 36.3 Å². The summed E-state index contributed by atoms with van der Waals surface area (Å²) in [4.78, 5) is 32.4. The zero-order valence-electron chi connectivity index (χ0n) is 13.0. The highest BCUT2D eigenvalue weighted by Gasteiger charge is 2.38. The smallest absolute Gasteiger partial charge is 0.360 e. The molecular formula is C11H16NO10PS. The van der Waals surface area contributed by atoms with E-state index in [1.807, 2.05) is 0 Å². The second-order valence-corrected chi connectivity index (χ2v) is 7.38. The van der Waals surface area contributed by atoms with Crippen molar-refractivity contribution in [3.8, 4) is 5.75 Å². The molecule has 0 amide bonds. The Morgan fingerprint density at radius 1 is 1.29 bits per heavy atom. The van der Waals surface area contributed by atoms with Gasteiger partial charge in [0.2, 0.25) is 0 Å². The van der Waals surface area contributed by atoms with Crippen LogP contribution >= 0.6 is 7.60 Å². The lowest BCUT2D eigenvalue weighted by atomic mass is 10.2. The molecule has 1 aromatic carbocycles. The summed E-state index contributed by atoms with van der Waals surface area (Å²) >= 11 is 0. The topological polar surface area (TPSA) is 163 Å². The van der Waals surface area contributed by atoms with Crippen LogP contribution in [-0.2, 0) is 23.9 Å². The van der Waals surface area contributed by atoms with Crippen LogP contribution in [0.3, 0.4) is 0 Å². The second kappa shape index (κ2) is 7.55. The Balaban J connectivity index is 3.85. The Bertz CT molecular complexity index is 784. The maximum Gasteiger partial charge on any atom is 0.360 e. The molecule has 0 aliphatic rings. The number of hydrogen-bond donors (Lipinski definition) is 2. The Labute approximate surface area is 137 Å². The van der Waals surface area contributed by atoms with Crippen molar-refractivity contribution in [2.24, 2.45) is 0 Å². The van der Waals surface area contributed by atoms with Crippen LogP contribution in [0.5, 0.6) is 5.75 Å². The minimum atomic E-state index is -4.98. The number of nitro benzene ring substituents is 1. The van der Waals surface area contributed by atoms with Crippen LogP contribution in [0.1, 0.15) is 19.4 Å². The van der Waals surface area contributed by atoms with E-state index in [2.05, 4.69) is 9.22 Å². The number of nitrogens with zero attached hydrogens (tertiary/aromatic N) is 1. The molecule has 0 bridgehead atoms. The standard InChI is InChI=1S/C11H16NO10PS/c1-4-20-8-6-9(24(18,19)22-21-5-2)10(12(13)14)7(3)11(8)23(15,16)17/h6H,4-5H2,1-3H3,(H2,15,16,17). The van der Waals surface area contributed by atoms with Gasteiger partial charge in [-0.05, 0) is 20.8 Å². The van der Waals surface area contributed by atoms with Crippen molar-refractivity contribution in [1.82, 2.24) is 0 Å². The molecule has 24 heavy (non-hydrogen) atoms. The summed E-state index contributed by atoms with van der Waals surface area (Å²) in [5, 5.41) is 10.5. The van der Waals surface area contributed by atoms with E-state index in [-0.39, 0.29) is 13.2 Å². The van der Waals surface area contributed by atoms with Crippen LogP contribution in [0.4, 0.5) is 5.69 Å². The summed E-state index contributed by atoms with van der Waals surface area (Å²) < 4.78 is 45.0. The van der Waals surface area contributed by atoms with Crippen molar-refractivity contribution in [2.75, 3.05) is 13.2 Å². The fraction of sp³-hybridized carbons (Fsp3) is 0.455. The molecule has 0 saturated heterocycles. The molecule has 136 valence electrons. The van der Waals surface area contributed by atoms with Gasteiger partial charge >= 0.3 is 17.7 Å². The average molecular weight is 385 g/mol. The first-order valence-corrected chi connectivity index (χ1v) is 9.56. The zero-order chi connectivity index (χ0) is 18.7. The van der Waals surface area contributed by atoms with Gasteiger partial charge in [0.15, 0.2) is 4.90 Å². The second-order valence-electron chi connectivity index (χ2n) is 4.36. The molecule has 1 rings (SSSR count). The van der Waals surface area contributed by atoms with Gasteiger partial charge in [-0.3, -0.25) is 14.7 Å². The van der Waals surface area contributed by atoms with Crippen LogP contribution in [0.2, 0.25) is 0 Å². The van der Waals surface area contributed by atoms with Gasteiger partial charge in [-0.25, -0.2) is 4.89 Å². The van der Waals surface area contributed by atoms with Gasteiger partial charge in [0, 0.05) is 11.6 Å². The Morgan fingerprint density at radius 2 is 1.88 bits per heavy atom. The normalized spacial score (nSPS) is 12.2. The van der Waals surface area contributed by atoms with Gasteiger partial charge in [-0.2, -0.15) is 8.42 Å². The maximum atomic E-state index is 12.1. The van der Waals surface area contributed by atoms with E-state index < -0.39 is 49.8 Å². The van der Waals surface area contributed by atoms with Gasteiger partial charge in [0.1, 0.15) is 11.1 Å². The Hall–Kier alpha value is -1.56. The molecule has 0 aliphatic carbocycles. The van der Waals surface area contributed by atoms with Gasteiger partial charge in [0.05, 0.1) is 18.1 Å². The molecule has 0 spiro atoms. The molecule has 0 aromatic heterocycles. The average Bonchev–Trinajstić information content (AvgIpc) is 2.43. The van der Waals surface area contributed by atoms with Crippen LogP contribution in [0.25, 0.3) is 0 Å². The van der Waals surface area contributed by atoms with E-state index in [4.69, 9.17) is 4.74 Å². The summed E-state index contributed by atoms with van der Waals surface area (Å²) in [6, 6.07) is 0.636. The third-order valence-electron chi connectivity index (χ3n) is 2.74. The molecule has 0 fully saturated rings. The van der Waals surface area contributed by atoms with Crippen molar-refractivity contribution in [2.45, 2.75) is 25.7 Å². The highest BCUT2D eigenvalue weighted by atomic mass is 32.2. The summed E-state index contributed by atoms with van der Waals surface area (Å²) in [5.41, 5.74) is -1.57. The number of hydrogen-bond acceptors (Lipinski definition) is 8. The molecule has 0 aliphatic heterocycles. The summed E-state index contributed by atoms with van der Waals surface area (Å²) in [7, 11) is -9.70. The molecule has 2 N–H and O–H groups in total. The molecule has 0 radical (unpaired) electrons. The highest BCUT2D eigenvalue weighted by Crippen LogP contribution is 2.43. The maximum absolute atomic E-state index is 12.1. The Morgan fingerprint density at radius 3 is 2.29 bits per heavy atom. The molecule has 11 nitrogen and oxygen atoms in total. The first-order valence-electron chi connectivity index (χ1n) is 6.54. The molecule has 1 aromatic rings. The Kier molecular flexibility index (Phi) is 6.45. The molecular weight excluding hydrogens is 369 g/mol. The first-order chi connectivity index (χ1) is 11.0. The third kappa shape index (κ3) is 4.29. The zero-order valence-corrected chi connectivity index (χ0v) is 14.7. The van der Waals surface area contributed by atoms with E-state index in [1.165, 1.54) is 13.8 Å². The molecule has 0 unspecified atom stereocenters. The lowest BCUT2D eigenvalue weighted by Crippen LogP contribution is -2.19. The largest absolute Gasteiger partial charge is 0.493 e. The van der Waals surface area contributed by atoms with Crippen LogP contribution in [0.15, 0.2) is 11.0 Å². The summed E-state index contributed by atoms with van der Waals surface area (Å²) in [5.74, 6) is -0.493. The van der Waals surface area contributed by atoms with Gasteiger partial charge in [0.25, 0.3) is 5.69 Å². The van der Waals surface area contributed by atoms with Crippen LogP contribution < -0.4 is 10.0 Å². The monoisotopic (exact) mass is 385 g/mol. The van der Waals surface area contributed by atoms with E-state index in [0.717, 1.165) is 6.92 Å². The highest BCUT2D eigenvalue weighted by molar-refractivity contribution is 7.86.